The van der Waals surface area contributed by atoms with Gasteiger partial charge in [-0.3, -0.25) is 0 Å². The van der Waals surface area contributed by atoms with Gasteiger partial charge in [0.1, 0.15) is 40.4 Å². The molecule has 0 unspecified atom stereocenters. The van der Waals surface area contributed by atoms with Crippen LogP contribution in [0.5, 0.6) is 11.5 Å². The highest BCUT2D eigenvalue weighted by atomic mass is 31.1. The topological polar surface area (TPSA) is 71.0 Å². The van der Waals surface area contributed by atoms with Crippen molar-refractivity contribution in [2.24, 2.45) is 0 Å². The first kappa shape index (κ1) is 56.9. The highest BCUT2D eigenvalue weighted by Gasteiger charge is 2.32. The first-order chi connectivity index (χ1) is 34.9. The fourth-order valence-corrected chi connectivity index (χ4v) is 13.1. The van der Waals surface area contributed by atoms with Gasteiger partial charge >= 0.3 is 8.24 Å². The van der Waals surface area contributed by atoms with Crippen molar-refractivity contribution in [1.82, 2.24) is 0 Å². The van der Waals surface area contributed by atoms with Crippen LogP contribution in [0, 0.1) is 41.5 Å². The molecule has 2 heterocycles. The first-order valence-electron chi connectivity index (χ1n) is 27.4. The summed E-state index contributed by atoms with van der Waals surface area (Å²) >= 11 is 0. The van der Waals surface area contributed by atoms with Crippen LogP contribution < -0.4 is 9.26 Å². The van der Waals surface area contributed by atoms with Crippen molar-refractivity contribution in [2.75, 3.05) is 6.61 Å². The van der Waals surface area contributed by atoms with E-state index in [-0.39, 0.29) is 32.5 Å². The molecule has 76 heavy (non-hydrogen) atoms. The van der Waals surface area contributed by atoms with Gasteiger partial charge in [0.2, 0.25) is 8.01 Å². The first-order valence-corrected chi connectivity index (χ1v) is 29.9. The Morgan fingerprint density at radius 2 is 0.592 bits per heavy atom. The molecule has 6 aromatic carbocycles. The summed E-state index contributed by atoms with van der Waals surface area (Å²) in [6.45, 7) is 54.1. The number of hydrogen-bond acceptors (Lipinski definition) is 6. The largest absolute Gasteiger partial charge is 0.492 e. The third kappa shape index (κ3) is 11.6. The predicted molar refractivity (Wildman–Crippen MR) is 327 cm³/mol. The molecule has 0 spiro atoms. The molecule has 8 aromatic rings. The summed E-state index contributed by atoms with van der Waals surface area (Å²) in [5, 5.41) is 4.22. The Bertz CT molecular complexity index is 3490. The molecular weight excluding hydrogens is 975 g/mol. The second-order valence-corrected chi connectivity index (χ2v) is 30.7. The van der Waals surface area contributed by atoms with E-state index in [2.05, 4.69) is 239 Å². The third-order valence-electron chi connectivity index (χ3n) is 14.5. The van der Waals surface area contributed by atoms with Gasteiger partial charge in [0.15, 0.2) is 0 Å². The number of hydrogen-bond donors (Lipinski definition) is 0. The van der Waals surface area contributed by atoms with Crippen LogP contribution in [-0.2, 0) is 38.7 Å². The molecule has 0 bridgehead atoms. The van der Waals surface area contributed by atoms with Crippen LogP contribution in [0.3, 0.4) is 0 Å². The molecule has 2 aromatic heterocycles. The molecule has 406 valence electrons. The molecule has 0 aliphatic heterocycles. The summed E-state index contributed by atoms with van der Waals surface area (Å²) in [4.78, 5) is 0. The van der Waals surface area contributed by atoms with Gasteiger partial charge in [0, 0.05) is 66.1 Å². The zero-order chi connectivity index (χ0) is 56.2. The average Bonchev–Trinajstić information content (AvgIpc) is 3.51. The van der Waals surface area contributed by atoms with Gasteiger partial charge in [0.05, 0.1) is 6.16 Å². The zero-order valence-corrected chi connectivity index (χ0v) is 52.5. The zero-order valence-electron chi connectivity index (χ0n) is 50.7. The molecule has 0 amide bonds. The molecule has 0 fully saturated rings. The van der Waals surface area contributed by atoms with Crippen molar-refractivity contribution in [1.29, 1.82) is 0 Å². The van der Waals surface area contributed by atoms with Crippen LogP contribution in [0.2, 0.25) is 0 Å². The van der Waals surface area contributed by atoms with E-state index < -0.39 is 16.3 Å². The Morgan fingerprint density at radius 1 is 0.329 bits per heavy atom. The Kier molecular flexibility index (Phi) is 14.9. The van der Waals surface area contributed by atoms with Gasteiger partial charge in [0.25, 0.3) is 0 Å². The van der Waals surface area contributed by atoms with Crippen LogP contribution in [0.1, 0.15) is 191 Å². The lowest BCUT2D eigenvalue weighted by Crippen LogP contribution is -2.16. The Labute approximate surface area is 457 Å². The quantitative estimate of drug-likeness (QED) is 0.158. The second-order valence-electron chi connectivity index (χ2n) is 28.2. The lowest BCUT2D eigenvalue weighted by Gasteiger charge is -2.28. The highest BCUT2D eigenvalue weighted by Crippen LogP contribution is 2.52. The summed E-state index contributed by atoms with van der Waals surface area (Å²) in [5.41, 5.74) is 17.6. The molecule has 8 heteroatoms. The van der Waals surface area contributed by atoms with Gasteiger partial charge < -0.3 is 26.0 Å². The fourth-order valence-electron chi connectivity index (χ4n) is 10.6. The molecule has 0 aliphatic carbocycles. The summed E-state index contributed by atoms with van der Waals surface area (Å²) in [6.07, 6.45) is 0.529. The van der Waals surface area contributed by atoms with Crippen LogP contribution in [0.15, 0.2) is 89.6 Å². The van der Waals surface area contributed by atoms with E-state index in [1.165, 1.54) is 33.4 Å². The average molecular weight is 1060 g/mol. The number of benzene rings is 6. The lowest BCUT2D eigenvalue weighted by molar-refractivity contribution is 0.321. The van der Waals surface area contributed by atoms with Gasteiger partial charge in [-0.2, -0.15) is 0 Å². The summed E-state index contributed by atoms with van der Waals surface area (Å²) in [7, 11) is -3.60. The minimum Gasteiger partial charge on any atom is -0.492 e. The minimum absolute atomic E-state index is 0.171. The van der Waals surface area contributed by atoms with Crippen LogP contribution in [0.25, 0.3) is 55.0 Å². The normalized spacial score (nSPS) is 13.1. The smallest absolute Gasteiger partial charge is 0.453 e. The Morgan fingerprint density at radius 3 is 0.908 bits per heavy atom. The second kappa shape index (κ2) is 19.9. The fraction of sp³-hybridized carbons (Fsp3) is 0.471. The van der Waals surface area contributed by atoms with Crippen molar-refractivity contribution >= 4 is 60.1 Å². The predicted octanol–water partition coefficient (Wildman–Crippen LogP) is 22.1. The maximum absolute atomic E-state index is 7.57. The van der Waals surface area contributed by atoms with E-state index in [0.717, 1.165) is 99.9 Å². The maximum atomic E-state index is 7.57. The molecule has 0 atom stereocenters. The maximum Gasteiger partial charge on any atom is 0.453 e. The molecule has 8 rings (SSSR count). The molecule has 0 saturated heterocycles. The SMILES string of the molecule is Cc1cc(-c2cc(C)cc(C(C)(C)C)c2Op2oc3c(C(C)(C)C)cc(C)cc3c3cc(C)cc(C(C)(C)C)c3o2)c(OCCp2oc3c(C(C)(C)C)cc(C)cc3c3cc(C)cc(C(C)(C)C)c3o2)c(C(C)(C)C)c1. The van der Waals surface area contributed by atoms with E-state index in [1.54, 1.807) is 0 Å². The van der Waals surface area contributed by atoms with E-state index in [4.69, 9.17) is 26.0 Å². The summed E-state index contributed by atoms with van der Waals surface area (Å²) < 4.78 is 44.0. The molecule has 0 aliphatic rings. The summed E-state index contributed by atoms with van der Waals surface area (Å²) in [6, 6.07) is 27.2. The Balaban J connectivity index is 1.38. The van der Waals surface area contributed by atoms with Crippen molar-refractivity contribution in [3.63, 3.8) is 0 Å². The van der Waals surface area contributed by atoms with Crippen LogP contribution in [-0.4, -0.2) is 6.61 Å². The van der Waals surface area contributed by atoms with Crippen LogP contribution in [0.4, 0.5) is 0 Å². The van der Waals surface area contributed by atoms with E-state index in [0.29, 0.717) is 12.8 Å². The van der Waals surface area contributed by atoms with E-state index >= 15 is 0 Å². The Hall–Kier alpha value is -5.28. The third-order valence-corrected chi connectivity index (χ3v) is 16.8. The molecular formula is C68H88O6P2. The molecule has 0 saturated carbocycles. The van der Waals surface area contributed by atoms with E-state index in [1.807, 2.05) is 0 Å². The molecule has 0 radical (unpaired) electrons. The molecule has 0 N–H and O–H groups in total. The van der Waals surface area contributed by atoms with Gasteiger partial charge in [-0.15, -0.1) is 0 Å². The summed E-state index contributed by atoms with van der Waals surface area (Å²) in [5.74, 6) is 1.54. The number of rotatable bonds is 7. The van der Waals surface area contributed by atoms with E-state index in [9.17, 15) is 0 Å². The lowest BCUT2D eigenvalue weighted by atomic mass is 9.80. The van der Waals surface area contributed by atoms with Gasteiger partial charge in [-0.1, -0.05) is 161 Å². The van der Waals surface area contributed by atoms with Crippen molar-refractivity contribution in [3.05, 3.63) is 140 Å². The van der Waals surface area contributed by atoms with Gasteiger partial charge in [-0.25, -0.2) is 0 Å². The highest BCUT2D eigenvalue weighted by molar-refractivity contribution is 7.36. The standard InChI is InChI=1S/C68H88O6P2/c1-39-27-45(57(51(33-39)63(7,8)9)69-25-26-75-70-58-47(29-41(3)34-52(58)64(10,11)12)48-30-42(4)35-53(59(48)71-75)65(13,14)15)46-28-40(2)36-54(66(16,17)18)60(46)72-76-73-61-49(31-43(5)37-55(61)67(19,20)21)50-32-44(6)38-56(62(50)74-76)68(22,23)24/h27-38H,25-26H2,1-24H3. The number of fused-ring (bicyclic) bond motifs is 6. The van der Waals surface area contributed by atoms with Crippen molar-refractivity contribution in [2.45, 2.75) is 205 Å². The number of ether oxygens (including phenoxy) is 1. The molecule has 6 nitrogen and oxygen atoms in total. The van der Waals surface area contributed by atoms with Crippen molar-refractivity contribution < 1.29 is 26.0 Å². The minimum atomic E-state index is -2.08. The van der Waals surface area contributed by atoms with Crippen molar-refractivity contribution in [3.8, 4) is 22.6 Å². The number of aryl methyl sites for hydroxylation is 6. The monoisotopic (exact) mass is 1060 g/mol. The van der Waals surface area contributed by atoms with Crippen LogP contribution >= 0.6 is 16.3 Å². The van der Waals surface area contributed by atoms with Gasteiger partial charge in [-0.05, 0) is 144 Å².